The van der Waals surface area contributed by atoms with Gasteiger partial charge in [0.05, 0.1) is 5.56 Å². The second-order valence-electron chi connectivity index (χ2n) is 4.56. The second-order valence-corrected chi connectivity index (χ2v) is 5.85. The molecule has 0 radical (unpaired) electrons. The summed E-state index contributed by atoms with van der Waals surface area (Å²) in [5, 5.41) is 8.41. The van der Waals surface area contributed by atoms with Crippen LogP contribution in [-0.2, 0) is 11.3 Å². The maximum Gasteiger partial charge on any atom is 0.339 e. The number of esters is 1. The highest BCUT2D eigenvalue weighted by atomic mass is 79.9. The van der Waals surface area contributed by atoms with Gasteiger partial charge in [0, 0.05) is 15.1 Å². The Bertz CT molecular complexity index is 833. The van der Waals surface area contributed by atoms with Crippen LogP contribution < -0.4 is 0 Å². The molecule has 3 aromatic rings. The topological polar surface area (TPSA) is 65.2 Å². The number of carbonyl (C=O) groups excluding carboxylic acids is 1. The first-order valence-electron chi connectivity index (χ1n) is 6.63. The minimum absolute atomic E-state index is 0.0965. The maximum atomic E-state index is 12.0. The molecule has 5 nitrogen and oxygen atoms in total. The van der Waals surface area contributed by atoms with Crippen molar-refractivity contribution in [1.29, 1.82) is 0 Å². The van der Waals surface area contributed by atoms with Crippen LogP contribution in [0.4, 0.5) is 0 Å². The van der Waals surface area contributed by atoms with E-state index >= 15 is 0 Å². The molecule has 23 heavy (non-hydrogen) atoms. The van der Waals surface area contributed by atoms with Crippen molar-refractivity contribution in [3.05, 3.63) is 69.5 Å². The highest BCUT2D eigenvalue weighted by molar-refractivity contribution is 9.10. The lowest BCUT2D eigenvalue weighted by atomic mass is 10.2. The van der Waals surface area contributed by atoms with Gasteiger partial charge in [0.1, 0.15) is 0 Å². The monoisotopic (exact) mass is 392 g/mol. The number of benzene rings is 2. The molecule has 0 saturated heterocycles. The fourth-order valence-electron chi connectivity index (χ4n) is 1.85. The van der Waals surface area contributed by atoms with Crippen LogP contribution >= 0.6 is 27.5 Å². The van der Waals surface area contributed by atoms with E-state index in [-0.39, 0.29) is 12.5 Å². The predicted octanol–water partition coefficient (Wildman–Crippen LogP) is 4.51. The molecule has 0 spiro atoms. The Morgan fingerprint density at radius 2 is 1.87 bits per heavy atom. The largest absolute Gasteiger partial charge is 0.452 e. The van der Waals surface area contributed by atoms with Crippen LogP contribution in [0.2, 0.25) is 5.02 Å². The van der Waals surface area contributed by atoms with Gasteiger partial charge in [0.2, 0.25) is 5.89 Å². The molecule has 0 unspecified atom stereocenters. The lowest BCUT2D eigenvalue weighted by Gasteiger charge is -2.03. The van der Waals surface area contributed by atoms with Crippen molar-refractivity contribution in [2.45, 2.75) is 6.61 Å². The summed E-state index contributed by atoms with van der Waals surface area (Å²) in [6.45, 7) is -0.0965. The van der Waals surface area contributed by atoms with E-state index < -0.39 is 5.97 Å². The Morgan fingerprint density at radius 1 is 1.13 bits per heavy atom. The Morgan fingerprint density at radius 3 is 2.61 bits per heavy atom. The zero-order valence-electron chi connectivity index (χ0n) is 11.7. The van der Waals surface area contributed by atoms with Gasteiger partial charge >= 0.3 is 5.97 Å². The summed E-state index contributed by atoms with van der Waals surface area (Å²) in [6, 6.07) is 14.0. The Balaban J connectivity index is 1.67. The number of ether oxygens (including phenoxy) is 1. The van der Waals surface area contributed by atoms with E-state index in [2.05, 4.69) is 26.1 Å². The number of hydrogen-bond donors (Lipinski definition) is 0. The number of aromatic nitrogens is 2. The molecular formula is C16H10BrClN2O3. The van der Waals surface area contributed by atoms with Gasteiger partial charge in [0.25, 0.3) is 5.89 Å². The van der Waals surface area contributed by atoms with E-state index in [0.717, 1.165) is 5.56 Å². The fourth-order valence-corrected chi connectivity index (χ4v) is 2.43. The van der Waals surface area contributed by atoms with Crippen LogP contribution in [0.1, 0.15) is 16.2 Å². The number of rotatable bonds is 4. The lowest BCUT2D eigenvalue weighted by Crippen LogP contribution is -2.06. The molecule has 0 fully saturated rings. The summed E-state index contributed by atoms with van der Waals surface area (Å²) in [6.07, 6.45) is 0. The zero-order chi connectivity index (χ0) is 16.2. The van der Waals surface area contributed by atoms with Gasteiger partial charge in [0.15, 0.2) is 6.61 Å². The van der Waals surface area contributed by atoms with Crippen LogP contribution in [0.3, 0.4) is 0 Å². The van der Waals surface area contributed by atoms with Crippen molar-refractivity contribution in [1.82, 2.24) is 10.2 Å². The van der Waals surface area contributed by atoms with E-state index in [4.69, 9.17) is 20.8 Å². The maximum absolute atomic E-state index is 12.0. The van der Waals surface area contributed by atoms with Gasteiger partial charge in [-0.05, 0) is 52.3 Å². The zero-order valence-corrected chi connectivity index (χ0v) is 14.0. The highest BCUT2D eigenvalue weighted by Gasteiger charge is 2.14. The molecule has 0 amide bonds. The molecule has 0 aliphatic carbocycles. The van der Waals surface area contributed by atoms with E-state index in [1.54, 1.807) is 42.5 Å². The van der Waals surface area contributed by atoms with E-state index in [0.29, 0.717) is 20.9 Å². The van der Waals surface area contributed by atoms with E-state index in [9.17, 15) is 4.79 Å². The van der Waals surface area contributed by atoms with Crippen LogP contribution in [0.25, 0.3) is 11.5 Å². The first kappa shape index (κ1) is 15.7. The molecule has 1 heterocycles. The highest BCUT2D eigenvalue weighted by Crippen LogP contribution is 2.21. The third-order valence-electron chi connectivity index (χ3n) is 2.98. The van der Waals surface area contributed by atoms with Gasteiger partial charge in [-0.15, -0.1) is 10.2 Å². The average Bonchev–Trinajstić information content (AvgIpc) is 3.03. The molecule has 2 aromatic carbocycles. The van der Waals surface area contributed by atoms with Crippen molar-refractivity contribution in [3.8, 4) is 11.5 Å². The molecule has 116 valence electrons. The molecule has 0 aliphatic rings. The summed E-state index contributed by atoms with van der Waals surface area (Å²) < 4.78 is 11.3. The fraction of sp³-hybridized carbons (Fsp3) is 0.0625. The SMILES string of the molecule is O=C(OCc1nnc(-c2ccc(Cl)cc2)o1)c1ccccc1Br. The number of hydrogen-bond acceptors (Lipinski definition) is 5. The van der Waals surface area contributed by atoms with Gasteiger partial charge in [-0.2, -0.15) is 0 Å². The first-order valence-corrected chi connectivity index (χ1v) is 7.80. The van der Waals surface area contributed by atoms with Gasteiger partial charge in [-0.1, -0.05) is 23.7 Å². The molecule has 0 bridgehead atoms. The summed E-state index contributed by atoms with van der Waals surface area (Å²) in [5.41, 5.74) is 1.18. The standard InChI is InChI=1S/C16H10BrClN2O3/c17-13-4-2-1-3-12(13)16(21)22-9-14-19-20-15(23-14)10-5-7-11(18)8-6-10/h1-8H,9H2. The molecule has 3 rings (SSSR count). The van der Waals surface area contributed by atoms with Crippen molar-refractivity contribution < 1.29 is 13.9 Å². The third-order valence-corrected chi connectivity index (χ3v) is 3.92. The molecule has 1 aromatic heterocycles. The molecule has 0 N–H and O–H groups in total. The predicted molar refractivity (Wildman–Crippen MR) is 88.0 cm³/mol. The van der Waals surface area contributed by atoms with E-state index in [1.165, 1.54) is 0 Å². The number of carbonyl (C=O) groups is 1. The quantitative estimate of drug-likeness (QED) is 0.610. The Kier molecular flexibility index (Phi) is 4.73. The molecule has 7 heteroatoms. The summed E-state index contributed by atoms with van der Waals surface area (Å²) in [7, 11) is 0. The minimum Gasteiger partial charge on any atom is -0.452 e. The van der Waals surface area contributed by atoms with Crippen LogP contribution in [-0.4, -0.2) is 16.2 Å². The molecule has 0 atom stereocenters. The first-order chi connectivity index (χ1) is 11.1. The van der Waals surface area contributed by atoms with Gasteiger partial charge in [-0.25, -0.2) is 4.79 Å². The smallest absolute Gasteiger partial charge is 0.339 e. The number of nitrogens with zero attached hydrogens (tertiary/aromatic N) is 2. The van der Waals surface area contributed by atoms with Crippen molar-refractivity contribution in [2.75, 3.05) is 0 Å². The second kappa shape index (κ2) is 6.93. The minimum atomic E-state index is -0.469. The Hall–Kier alpha value is -2.18. The van der Waals surface area contributed by atoms with Crippen LogP contribution in [0, 0.1) is 0 Å². The summed E-state index contributed by atoms with van der Waals surface area (Å²) in [4.78, 5) is 12.0. The van der Waals surface area contributed by atoms with Crippen molar-refractivity contribution in [2.24, 2.45) is 0 Å². The van der Waals surface area contributed by atoms with Crippen molar-refractivity contribution in [3.63, 3.8) is 0 Å². The average molecular weight is 394 g/mol. The van der Waals surface area contributed by atoms with Gasteiger partial charge in [-0.3, -0.25) is 0 Å². The third kappa shape index (κ3) is 3.78. The molecule has 0 saturated carbocycles. The summed E-state index contributed by atoms with van der Waals surface area (Å²) in [5.74, 6) is 0.0904. The van der Waals surface area contributed by atoms with Crippen LogP contribution in [0.15, 0.2) is 57.4 Å². The lowest BCUT2D eigenvalue weighted by molar-refractivity contribution is 0.0437. The van der Waals surface area contributed by atoms with Crippen LogP contribution in [0.5, 0.6) is 0 Å². The normalized spacial score (nSPS) is 10.5. The Labute approximate surface area is 145 Å². The van der Waals surface area contributed by atoms with Gasteiger partial charge < -0.3 is 9.15 Å². The number of halogens is 2. The van der Waals surface area contributed by atoms with Crippen molar-refractivity contribution >= 4 is 33.5 Å². The molecule has 0 aliphatic heterocycles. The molecular weight excluding hydrogens is 384 g/mol. The summed E-state index contributed by atoms with van der Waals surface area (Å²) >= 11 is 9.13. The van der Waals surface area contributed by atoms with E-state index in [1.807, 2.05) is 6.07 Å².